The van der Waals surface area contributed by atoms with Crippen LogP contribution in [0.5, 0.6) is 6.01 Å². The molecule has 1 heterocycles. The Morgan fingerprint density at radius 1 is 1.25 bits per heavy atom. The second-order valence-electron chi connectivity index (χ2n) is 5.36. The first-order valence-electron chi connectivity index (χ1n) is 7.57. The van der Waals surface area contributed by atoms with Crippen LogP contribution in [0.4, 0.5) is 11.9 Å². The summed E-state index contributed by atoms with van der Waals surface area (Å²) in [6.45, 7) is 9.90. The Morgan fingerprint density at radius 2 is 2.00 bits per heavy atom. The van der Waals surface area contributed by atoms with E-state index in [9.17, 15) is 0 Å². The highest BCUT2D eigenvalue weighted by Gasteiger charge is 2.31. The van der Waals surface area contributed by atoms with E-state index < -0.39 is 0 Å². The van der Waals surface area contributed by atoms with E-state index in [0.29, 0.717) is 18.0 Å². The van der Waals surface area contributed by atoms with E-state index in [4.69, 9.17) is 4.74 Å². The van der Waals surface area contributed by atoms with Gasteiger partial charge in [0.25, 0.3) is 0 Å². The van der Waals surface area contributed by atoms with Crippen LogP contribution in [0.1, 0.15) is 47.0 Å². The van der Waals surface area contributed by atoms with Crippen molar-refractivity contribution < 1.29 is 4.74 Å². The summed E-state index contributed by atoms with van der Waals surface area (Å²) >= 11 is 0. The second-order valence-corrected chi connectivity index (χ2v) is 5.36. The third-order valence-corrected chi connectivity index (χ3v) is 2.99. The summed E-state index contributed by atoms with van der Waals surface area (Å²) < 4.78 is 5.64. The average Bonchev–Trinajstić information content (AvgIpc) is 3.19. The number of ether oxygens (including phenoxy) is 1. The Bertz CT molecular complexity index is 434. The molecule has 2 rings (SSSR count). The topological polar surface area (TPSA) is 63.2 Å². The summed E-state index contributed by atoms with van der Waals surface area (Å²) in [6.07, 6.45) is 3.59. The van der Waals surface area contributed by atoms with E-state index in [1.807, 2.05) is 20.8 Å². The van der Waals surface area contributed by atoms with E-state index >= 15 is 0 Å². The first kappa shape index (κ1) is 14.8. The largest absolute Gasteiger partial charge is 0.461 e. The molecular formula is C14H25N5O. The fourth-order valence-corrected chi connectivity index (χ4v) is 2.05. The second kappa shape index (κ2) is 6.72. The molecule has 6 heteroatoms. The third kappa shape index (κ3) is 3.95. The molecule has 20 heavy (non-hydrogen) atoms. The van der Waals surface area contributed by atoms with Gasteiger partial charge in [-0.25, -0.2) is 0 Å². The van der Waals surface area contributed by atoms with Crippen molar-refractivity contribution in [3.8, 4) is 6.01 Å². The van der Waals surface area contributed by atoms with Gasteiger partial charge in [-0.3, -0.25) is 0 Å². The highest BCUT2D eigenvalue weighted by atomic mass is 16.5. The van der Waals surface area contributed by atoms with Gasteiger partial charge in [0.2, 0.25) is 11.9 Å². The molecule has 1 saturated carbocycles. The van der Waals surface area contributed by atoms with Crippen LogP contribution >= 0.6 is 0 Å². The van der Waals surface area contributed by atoms with Crippen molar-refractivity contribution in [3.63, 3.8) is 0 Å². The number of hydrogen-bond donors (Lipinski definition) is 1. The van der Waals surface area contributed by atoms with Crippen LogP contribution in [-0.4, -0.2) is 40.2 Å². The molecule has 1 aliphatic rings. The molecule has 0 spiro atoms. The van der Waals surface area contributed by atoms with E-state index in [0.717, 1.165) is 25.5 Å². The molecular weight excluding hydrogens is 254 g/mol. The lowest BCUT2D eigenvalue weighted by atomic mass is 10.4. The minimum Gasteiger partial charge on any atom is -0.461 e. The van der Waals surface area contributed by atoms with E-state index in [2.05, 4.69) is 32.1 Å². The third-order valence-electron chi connectivity index (χ3n) is 2.99. The van der Waals surface area contributed by atoms with Gasteiger partial charge in [-0.15, -0.1) is 0 Å². The van der Waals surface area contributed by atoms with Gasteiger partial charge in [-0.2, -0.15) is 15.0 Å². The van der Waals surface area contributed by atoms with Crippen molar-refractivity contribution in [1.82, 2.24) is 15.0 Å². The number of nitrogens with zero attached hydrogens (tertiary/aromatic N) is 4. The van der Waals surface area contributed by atoms with Crippen molar-refractivity contribution in [3.05, 3.63) is 0 Å². The summed E-state index contributed by atoms with van der Waals surface area (Å²) in [7, 11) is 0. The van der Waals surface area contributed by atoms with Crippen LogP contribution in [0.15, 0.2) is 0 Å². The molecule has 0 amide bonds. The monoisotopic (exact) mass is 279 g/mol. The fraction of sp³-hybridized carbons (Fsp3) is 0.786. The molecule has 0 aliphatic heterocycles. The molecule has 0 atom stereocenters. The predicted octanol–water partition coefficient (Wildman–Crippen LogP) is 2.47. The average molecular weight is 279 g/mol. The predicted molar refractivity (Wildman–Crippen MR) is 80.4 cm³/mol. The molecule has 1 aromatic rings. The minimum atomic E-state index is 0.0558. The van der Waals surface area contributed by atoms with Crippen molar-refractivity contribution in [2.75, 3.05) is 23.3 Å². The van der Waals surface area contributed by atoms with Crippen LogP contribution in [0.2, 0.25) is 0 Å². The first-order valence-corrected chi connectivity index (χ1v) is 7.57. The maximum atomic E-state index is 5.64. The number of hydrogen-bond acceptors (Lipinski definition) is 6. The summed E-state index contributed by atoms with van der Waals surface area (Å²) in [6, 6.07) is 0.987. The SMILES string of the molecule is CCCN(c1nc(NCC)nc(OC(C)C)n1)C1CC1. The van der Waals surface area contributed by atoms with Crippen LogP contribution in [-0.2, 0) is 0 Å². The number of anilines is 2. The normalized spacial score (nSPS) is 14.4. The summed E-state index contributed by atoms with van der Waals surface area (Å²) in [4.78, 5) is 15.6. The van der Waals surface area contributed by atoms with Crippen molar-refractivity contribution >= 4 is 11.9 Å². The lowest BCUT2D eigenvalue weighted by Crippen LogP contribution is -2.29. The molecule has 0 bridgehead atoms. The van der Waals surface area contributed by atoms with Crippen LogP contribution in [0, 0.1) is 0 Å². The summed E-state index contributed by atoms with van der Waals surface area (Å²) in [5.41, 5.74) is 0. The van der Waals surface area contributed by atoms with E-state index in [-0.39, 0.29) is 6.10 Å². The summed E-state index contributed by atoms with van der Waals surface area (Å²) in [5, 5.41) is 3.15. The summed E-state index contributed by atoms with van der Waals surface area (Å²) in [5.74, 6) is 1.32. The molecule has 0 saturated heterocycles. The van der Waals surface area contributed by atoms with E-state index in [1.54, 1.807) is 0 Å². The van der Waals surface area contributed by atoms with Gasteiger partial charge in [-0.1, -0.05) is 6.92 Å². The lowest BCUT2D eigenvalue weighted by molar-refractivity contribution is 0.222. The lowest BCUT2D eigenvalue weighted by Gasteiger charge is -2.22. The minimum absolute atomic E-state index is 0.0558. The number of nitrogens with one attached hydrogen (secondary N) is 1. The zero-order valence-electron chi connectivity index (χ0n) is 12.9. The first-order chi connectivity index (χ1) is 9.63. The van der Waals surface area contributed by atoms with Crippen molar-refractivity contribution in [2.45, 2.75) is 59.1 Å². The highest BCUT2D eigenvalue weighted by molar-refractivity contribution is 5.40. The van der Waals surface area contributed by atoms with Gasteiger partial charge in [-0.05, 0) is 40.0 Å². The van der Waals surface area contributed by atoms with Gasteiger partial charge in [0.05, 0.1) is 6.10 Å². The highest BCUT2D eigenvalue weighted by Crippen LogP contribution is 2.30. The van der Waals surface area contributed by atoms with Crippen LogP contribution in [0.3, 0.4) is 0 Å². The molecule has 1 aromatic heterocycles. The Labute approximate surface area is 121 Å². The standard InChI is InChI=1S/C14H25N5O/c1-5-9-19(11-7-8-11)13-16-12(15-6-2)17-14(18-13)20-10(3)4/h10-11H,5-9H2,1-4H3,(H,15,16,17,18). The molecule has 0 aromatic carbocycles. The van der Waals surface area contributed by atoms with Crippen LogP contribution in [0.25, 0.3) is 0 Å². The zero-order chi connectivity index (χ0) is 14.5. The number of aromatic nitrogens is 3. The van der Waals surface area contributed by atoms with Gasteiger partial charge in [0.15, 0.2) is 0 Å². The quantitative estimate of drug-likeness (QED) is 0.788. The van der Waals surface area contributed by atoms with Crippen molar-refractivity contribution in [2.24, 2.45) is 0 Å². The maximum Gasteiger partial charge on any atom is 0.323 e. The Kier molecular flexibility index (Phi) is 4.98. The van der Waals surface area contributed by atoms with Crippen molar-refractivity contribution in [1.29, 1.82) is 0 Å². The molecule has 1 N–H and O–H groups in total. The van der Waals surface area contributed by atoms with Gasteiger partial charge in [0.1, 0.15) is 0 Å². The Balaban J connectivity index is 2.26. The van der Waals surface area contributed by atoms with E-state index in [1.165, 1.54) is 12.8 Å². The molecule has 0 unspecified atom stereocenters. The maximum absolute atomic E-state index is 5.64. The molecule has 0 radical (unpaired) electrons. The molecule has 6 nitrogen and oxygen atoms in total. The molecule has 1 fully saturated rings. The fourth-order valence-electron chi connectivity index (χ4n) is 2.05. The van der Waals surface area contributed by atoms with Gasteiger partial charge in [0, 0.05) is 19.1 Å². The molecule has 1 aliphatic carbocycles. The molecule has 112 valence electrons. The Morgan fingerprint density at radius 3 is 2.55 bits per heavy atom. The van der Waals surface area contributed by atoms with Gasteiger partial charge >= 0.3 is 6.01 Å². The smallest absolute Gasteiger partial charge is 0.323 e. The number of rotatable bonds is 8. The zero-order valence-corrected chi connectivity index (χ0v) is 12.9. The Hall–Kier alpha value is -1.59. The van der Waals surface area contributed by atoms with Gasteiger partial charge < -0.3 is 15.0 Å². The van der Waals surface area contributed by atoms with Crippen LogP contribution < -0.4 is 15.0 Å².